The highest BCUT2D eigenvalue weighted by molar-refractivity contribution is 7.17. The summed E-state index contributed by atoms with van der Waals surface area (Å²) in [7, 11) is 0. The van der Waals surface area contributed by atoms with Crippen molar-refractivity contribution >= 4 is 33.6 Å². The number of aliphatic carboxylic acids is 1. The zero-order valence-electron chi connectivity index (χ0n) is 9.58. The van der Waals surface area contributed by atoms with Crippen LogP contribution in [0.4, 0.5) is 0 Å². The summed E-state index contributed by atoms with van der Waals surface area (Å²) in [6.07, 6.45) is 3.84. The van der Waals surface area contributed by atoms with Gasteiger partial charge in [-0.05, 0) is 19.1 Å². The molecule has 0 aliphatic carbocycles. The van der Waals surface area contributed by atoms with Gasteiger partial charge in [-0.2, -0.15) is 0 Å². The van der Waals surface area contributed by atoms with E-state index >= 15 is 0 Å². The summed E-state index contributed by atoms with van der Waals surface area (Å²) in [6, 6.07) is 4.13. The van der Waals surface area contributed by atoms with Crippen molar-refractivity contribution in [3.63, 3.8) is 0 Å². The third-order valence-corrected chi connectivity index (χ3v) is 4.54. The van der Waals surface area contributed by atoms with E-state index in [9.17, 15) is 4.79 Å². The molecule has 3 heterocycles. The Hall–Kier alpha value is -1.66. The Bertz CT molecular complexity index is 692. The molecule has 1 N–H and O–H groups in total. The van der Waals surface area contributed by atoms with Crippen molar-refractivity contribution in [1.82, 2.24) is 9.38 Å². The van der Waals surface area contributed by atoms with Crippen molar-refractivity contribution in [3.05, 3.63) is 34.3 Å². The quantitative estimate of drug-likeness (QED) is 0.801. The second-order valence-electron chi connectivity index (χ2n) is 3.99. The fourth-order valence-corrected chi connectivity index (χ4v) is 3.54. The highest BCUT2D eigenvalue weighted by atomic mass is 32.1. The second kappa shape index (κ2) is 4.22. The molecule has 0 aliphatic heterocycles. The minimum Gasteiger partial charge on any atom is -0.481 e. The van der Waals surface area contributed by atoms with E-state index in [1.54, 1.807) is 11.3 Å². The summed E-state index contributed by atoms with van der Waals surface area (Å²) in [5.41, 5.74) is 0.946. The third-order valence-electron chi connectivity index (χ3n) is 2.52. The van der Waals surface area contributed by atoms with Gasteiger partial charge in [0.25, 0.3) is 0 Å². The molecule has 0 aliphatic rings. The van der Waals surface area contributed by atoms with Gasteiger partial charge in [0, 0.05) is 22.1 Å². The van der Waals surface area contributed by atoms with Crippen LogP contribution in [0.1, 0.15) is 9.75 Å². The number of hydrogen-bond donors (Lipinski definition) is 1. The maximum atomic E-state index is 10.6. The van der Waals surface area contributed by atoms with E-state index in [4.69, 9.17) is 5.11 Å². The van der Waals surface area contributed by atoms with Gasteiger partial charge in [-0.3, -0.25) is 9.20 Å². The van der Waals surface area contributed by atoms with E-state index in [0.29, 0.717) is 0 Å². The first-order valence-electron chi connectivity index (χ1n) is 5.38. The van der Waals surface area contributed by atoms with Crippen LogP contribution in [0.2, 0.25) is 0 Å². The van der Waals surface area contributed by atoms with Crippen LogP contribution in [0.15, 0.2) is 24.5 Å². The number of aromatic nitrogens is 2. The largest absolute Gasteiger partial charge is 0.481 e. The summed E-state index contributed by atoms with van der Waals surface area (Å²) in [4.78, 5) is 19.2. The van der Waals surface area contributed by atoms with E-state index < -0.39 is 5.97 Å². The average molecular weight is 278 g/mol. The normalized spacial score (nSPS) is 11.2. The van der Waals surface area contributed by atoms with E-state index in [1.165, 1.54) is 16.2 Å². The number of thiophene rings is 1. The van der Waals surface area contributed by atoms with Gasteiger partial charge >= 0.3 is 5.97 Å². The van der Waals surface area contributed by atoms with Crippen LogP contribution in [-0.2, 0) is 11.2 Å². The Kier molecular flexibility index (Phi) is 2.68. The van der Waals surface area contributed by atoms with Crippen LogP contribution in [-0.4, -0.2) is 20.5 Å². The van der Waals surface area contributed by atoms with E-state index in [1.807, 2.05) is 16.8 Å². The molecule has 0 spiro atoms. The first-order valence-corrected chi connectivity index (χ1v) is 7.01. The van der Waals surface area contributed by atoms with Crippen LogP contribution in [0.5, 0.6) is 0 Å². The molecule has 0 amide bonds. The molecular formula is C12H10N2O2S2. The number of thiazole rings is 1. The van der Waals surface area contributed by atoms with Gasteiger partial charge < -0.3 is 5.11 Å². The highest BCUT2D eigenvalue weighted by Crippen LogP contribution is 2.29. The SMILES string of the molecule is Cc1ccc(-c2cn3cc(CC(=O)O)sc3n2)s1. The smallest absolute Gasteiger partial charge is 0.308 e. The summed E-state index contributed by atoms with van der Waals surface area (Å²) in [6.45, 7) is 2.07. The first-order chi connectivity index (χ1) is 8.61. The van der Waals surface area contributed by atoms with Crippen molar-refractivity contribution in [3.8, 4) is 10.6 Å². The molecular weight excluding hydrogens is 268 g/mol. The predicted octanol–water partition coefficient (Wildman–Crippen LogP) is 3.06. The fraction of sp³-hybridized carbons (Fsp3) is 0.167. The number of rotatable bonds is 3. The molecule has 0 radical (unpaired) electrons. The number of carboxylic acids is 1. The lowest BCUT2D eigenvalue weighted by molar-refractivity contribution is -0.136. The number of imidazole rings is 1. The molecule has 0 atom stereocenters. The number of nitrogens with zero attached hydrogens (tertiary/aromatic N) is 2. The molecule has 3 aromatic rings. The molecule has 18 heavy (non-hydrogen) atoms. The monoisotopic (exact) mass is 278 g/mol. The number of carbonyl (C=O) groups is 1. The van der Waals surface area contributed by atoms with Crippen LogP contribution in [0.25, 0.3) is 15.5 Å². The molecule has 0 bridgehead atoms. The van der Waals surface area contributed by atoms with E-state index in [2.05, 4.69) is 24.0 Å². The van der Waals surface area contributed by atoms with Crippen LogP contribution in [0, 0.1) is 6.92 Å². The first kappa shape index (κ1) is 11.4. The molecule has 0 saturated carbocycles. The molecule has 0 fully saturated rings. The molecule has 0 aromatic carbocycles. The van der Waals surface area contributed by atoms with Crippen molar-refractivity contribution in [2.24, 2.45) is 0 Å². The van der Waals surface area contributed by atoms with Gasteiger partial charge in [0.2, 0.25) is 0 Å². The molecule has 0 saturated heterocycles. The summed E-state index contributed by atoms with van der Waals surface area (Å²) in [5.74, 6) is -0.811. The topological polar surface area (TPSA) is 54.6 Å². The van der Waals surface area contributed by atoms with Gasteiger partial charge in [-0.1, -0.05) is 0 Å². The summed E-state index contributed by atoms with van der Waals surface area (Å²) < 4.78 is 1.90. The fourth-order valence-electron chi connectivity index (χ4n) is 1.77. The third kappa shape index (κ3) is 2.04. The predicted molar refractivity (Wildman–Crippen MR) is 72.5 cm³/mol. The minimum absolute atomic E-state index is 0.0570. The van der Waals surface area contributed by atoms with E-state index in [0.717, 1.165) is 20.4 Å². The van der Waals surface area contributed by atoms with E-state index in [-0.39, 0.29) is 6.42 Å². The number of aryl methyl sites for hydroxylation is 1. The Morgan fingerprint density at radius 1 is 1.39 bits per heavy atom. The number of carboxylic acid groups (broad SMARTS) is 1. The van der Waals surface area contributed by atoms with Crippen molar-refractivity contribution in [1.29, 1.82) is 0 Å². The Morgan fingerprint density at radius 2 is 2.22 bits per heavy atom. The van der Waals surface area contributed by atoms with Gasteiger partial charge in [-0.15, -0.1) is 22.7 Å². The molecule has 3 aromatic heterocycles. The Morgan fingerprint density at radius 3 is 2.83 bits per heavy atom. The zero-order chi connectivity index (χ0) is 12.7. The number of hydrogen-bond acceptors (Lipinski definition) is 4. The van der Waals surface area contributed by atoms with Gasteiger partial charge in [0.1, 0.15) is 5.69 Å². The maximum Gasteiger partial charge on any atom is 0.308 e. The van der Waals surface area contributed by atoms with Crippen molar-refractivity contribution in [2.75, 3.05) is 0 Å². The standard InChI is InChI=1S/C12H10N2O2S2/c1-7-2-3-10(17-7)9-6-14-5-8(4-11(15)16)18-12(14)13-9/h2-3,5-6H,4H2,1H3,(H,15,16). The number of fused-ring (bicyclic) bond motifs is 1. The maximum absolute atomic E-state index is 10.6. The molecule has 92 valence electrons. The Balaban J connectivity index is 1.98. The van der Waals surface area contributed by atoms with Crippen LogP contribution in [0.3, 0.4) is 0 Å². The lowest BCUT2D eigenvalue weighted by Crippen LogP contribution is -1.97. The summed E-state index contributed by atoms with van der Waals surface area (Å²) in [5, 5.41) is 8.74. The molecule has 4 nitrogen and oxygen atoms in total. The second-order valence-corrected chi connectivity index (χ2v) is 6.38. The van der Waals surface area contributed by atoms with Crippen molar-refractivity contribution in [2.45, 2.75) is 13.3 Å². The lowest BCUT2D eigenvalue weighted by atomic mass is 10.3. The van der Waals surface area contributed by atoms with Gasteiger partial charge in [0.15, 0.2) is 4.96 Å². The van der Waals surface area contributed by atoms with Gasteiger partial charge in [-0.25, -0.2) is 4.98 Å². The van der Waals surface area contributed by atoms with Crippen LogP contribution >= 0.6 is 22.7 Å². The van der Waals surface area contributed by atoms with Crippen molar-refractivity contribution < 1.29 is 9.90 Å². The molecule has 0 unspecified atom stereocenters. The summed E-state index contributed by atoms with van der Waals surface area (Å²) >= 11 is 3.13. The zero-order valence-corrected chi connectivity index (χ0v) is 11.2. The molecule has 3 rings (SSSR count). The van der Waals surface area contributed by atoms with Crippen LogP contribution < -0.4 is 0 Å². The average Bonchev–Trinajstić information content (AvgIpc) is 2.90. The minimum atomic E-state index is -0.811. The Labute approximate surface area is 111 Å². The van der Waals surface area contributed by atoms with Gasteiger partial charge in [0.05, 0.1) is 11.3 Å². The lowest BCUT2D eigenvalue weighted by Gasteiger charge is -1.88. The highest BCUT2D eigenvalue weighted by Gasteiger charge is 2.11. The molecule has 6 heteroatoms.